The normalized spacial score (nSPS) is 12.5. The lowest BCUT2D eigenvalue weighted by atomic mass is 10.2. The number of nitrogens with zero attached hydrogens (tertiary/aromatic N) is 2. The summed E-state index contributed by atoms with van der Waals surface area (Å²) in [5.74, 6) is -0.687. The van der Waals surface area contributed by atoms with Crippen LogP contribution in [0.2, 0.25) is 0 Å². The Kier molecular flexibility index (Phi) is 5.79. The number of carbonyl (C=O) groups excluding carboxylic acids is 1. The van der Waals surface area contributed by atoms with E-state index < -0.39 is 18.8 Å². The summed E-state index contributed by atoms with van der Waals surface area (Å²) in [6.07, 6.45) is 2.09. The van der Waals surface area contributed by atoms with Crippen LogP contribution in [0.3, 0.4) is 0 Å². The van der Waals surface area contributed by atoms with Gasteiger partial charge >= 0.3 is 0 Å². The maximum Gasteiger partial charge on any atom is 0.247 e. The van der Waals surface area contributed by atoms with Gasteiger partial charge in [-0.25, -0.2) is 9.37 Å². The zero-order chi connectivity index (χ0) is 25.4. The van der Waals surface area contributed by atoms with Crippen LogP contribution in [0.1, 0.15) is 5.48 Å². The molecule has 3 rings (SSSR count). The van der Waals surface area contributed by atoms with Crippen LogP contribution in [0, 0.1) is 5.82 Å². The largest absolute Gasteiger partial charge is 0.491 e. The van der Waals surface area contributed by atoms with Crippen LogP contribution >= 0.6 is 0 Å². The lowest BCUT2D eigenvalue weighted by Gasteiger charge is -2.11. The molecule has 0 unspecified atom stereocenters. The van der Waals surface area contributed by atoms with Gasteiger partial charge in [0, 0.05) is 24.1 Å². The molecule has 9 heteroatoms. The number of halogens is 1. The molecule has 1 heterocycles. The average Bonchev–Trinajstić information content (AvgIpc) is 2.79. The highest BCUT2D eigenvalue weighted by molar-refractivity contribution is 5.99. The first-order valence-electron chi connectivity index (χ1n) is 11.1. The van der Waals surface area contributed by atoms with Gasteiger partial charge in [-0.1, -0.05) is 12.6 Å². The summed E-state index contributed by atoms with van der Waals surface area (Å²) >= 11 is 0. The zero-order valence-electron chi connectivity index (χ0n) is 20.3. The van der Waals surface area contributed by atoms with Crippen LogP contribution in [-0.4, -0.2) is 36.1 Å². The highest BCUT2D eigenvalue weighted by Crippen LogP contribution is 2.23. The molecule has 31 heavy (non-hydrogen) atoms. The maximum atomic E-state index is 14.3. The molecule has 8 nitrogen and oxygen atoms in total. The van der Waals surface area contributed by atoms with Crippen molar-refractivity contribution in [1.29, 1.82) is 0 Å². The molecule has 0 fully saturated rings. The lowest BCUT2D eigenvalue weighted by molar-refractivity contribution is -0.111. The van der Waals surface area contributed by atoms with Crippen molar-refractivity contribution in [3.63, 3.8) is 0 Å². The quantitative estimate of drug-likeness (QED) is 0.329. The Morgan fingerprint density at radius 1 is 1.19 bits per heavy atom. The predicted octanol–water partition coefficient (Wildman–Crippen LogP) is 4.25. The third-order valence-electron chi connectivity index (χ3n) is 3.81. The van der Waals surface area contributed by atoms with Gasteiger partial charge in [0.25, 0.3) is 0 Å². The van der Waals surface area contributed by atoms with Gasteiger partial charge in [0.05, 0.1) is 18.3 Å². The SMILES string of the molecule is [2H]c1cc(NC(=O)C=C)cc(Nc2nc(Nc3ccc(OCCOC([2H])([2H])[2H])cc3)ncc2F)c1. The number of amides is 1. The van der Waals surface area contributed by atoms with Crippen molar-refractivity contribution in [2.45, 2.75) is 0 Å². The van der Waals surface area contributed by atoms with Gasteiger partial charge in [-0.15, -0.1) is 0 Å². The first kappa shape index (κ1) is 16.8. The van der Waals surface area contributed by atoms with Crippen molar-refractivity contribution in [2.24, 2.45) is 0 Å². The molecule has 0 saturated heterocycles. The fraction of sp³-hybridized carbons (Fsp3) is 0.136. The summed E-state index contributed by atoms with van der Waals surface area (Å²) in [6, 6.07) is 11.2. The summed E-state index contributed by atoms with van der Waals surface area (Å²) in [6.45, 7) is 3.36. The minimum Gasteiger partial charge on any atom is -0.491 e. The minimum absolute atomic E-state index is 0.0692. The summed E-state index contributed by atoms with van der Waals surface area (Å²) in [5, 5.41) is 8.27. The third-order valence-corrected chi connectivity index (χ3v) is 3.81. The fourth-order valence-corrected chi connectivity index (χ4v) is 2.43. The Morgan fingerprint density at radius 3 is 2.77 bits per heavy atom. The van der Waals surface area contributed by atoms with Gasteiger partial charge in [0.2, 0.25) is 11.9 Å². The van der Waals surface area contributed by atoms with Crippen LogP contribution in [0.5, 0.6) is 5.75 Å². The topological polar surface area (TPSA) is 97.4 Å². The molecule has 160 valence electrons. The van der Waals surface area contributed by atoms with E-state index in [1.807, 2.05) is 0 Å². The number of rotatable bonds is 10. The molecule has 0 saturated carbocycles. The Balaban J connectivity index is 1.64. The van der Waals surface area contributed by atoms with Crippen molar-refractivity contribution < 1.29 is 24.1 Å². The van der Waals surface area contributed by atoms with E-state index in [1.54, 1.807) is 24.3 Å². The Bertz CT molecular complexity index is 1190. The molecule has 1 aromatic heterocycles. The highest BCUT2D eigenvalue weighted by Gasteiger charge is 2.09. The van der Waals surface area contributed by atoms with Gasteiger partial charge in [0.15, 0.2) is 11.6 Å². The van der Waals surface area contributed by atoms with Gasteiger partial charge in [0.1, 0.15) is 12.4 Å². The molecular formula is C22H22FN5O3. The third kappa shape index (κ3) is 6.51. The second kappa shape index (κ2) is 10.7. The van der Waals surface area contributed by atoms with E-state index in [1.165, 1.54) is 18.2 Å². The smallest absolute Gasteiger partial charge is 0.247 e. The van der Waals surface area contributed by atoms with Crippen molar-refractivity contribution >= 4 is 34.7 Å². The molecular weight excluding hydrogens is 401 g/mol. The number of aromatic nitrogens is 2. The number of hydrogen-bond donors (Lipinski definition) is 3. The van der Waals surface area contributed by atoms with E-state index in [9.17, 15) is 9.18 Å². The standard InChI is InChI=1S/C22H22FN5O3/c1-3-20(29)25-16-5-4-6-17(13-16)26-21-19(23)14-24-22(28-21)27-15-7-9-18(10-8-15)31-12-11-30-2/h3-10,13-14H,1,11-12H2,2H3,(H,25,29)(H2,24,26,27,28)/i2D3,4D. The molecule has 1 amide bonds. The summed E-state index contributed by atoms with van der Waals surface area (Å²) in [5.41, 5.74) is 1.27. The van der Waals surface area contributed by atoms with Gasteiger partial charge in [-0.05, 0) is 48.5 Å². The molecule has 2 aromatic carbocycles. The van der Waals surface area contributed by atoms with E-state index in [2.05, 4.69) is 37.2 Å². The fourth-order valence-electron chi connectivity index (χ4n) is 2.43. The molecule has 0 radical (unpaired) electrons. The second-order valence-electron chi connectivity index (χ2n) is 6.07. The maximum absolute atomic E-state index is 14.3. The van der Waals surface area contributed by atoms with Crippen LogP contribution in [0.4, 0.5) is 33.2 Å². The van der Waals surface area contributed by atoms with Gasteiger partial charge in [-0.2, -0.15) is 4.98 Å². The molecule has 0 bridgehead atoms. The summed E-state index contributed by atoms with van der Waals surface area (Å²) in [7, 11) is -2.46. The van der Waals surface area contributed by atoms with E-state index in [-0.39, 0.29) is 31.0 Å². The highest BCUT2D eigenvalue weighted by atomic mass is 19.1. The monoisotopic (exact) mass is 427 g/mol. The predicted molar refractivity (Wildman–Crippen MR) is 118 cm³/mol. The Labute approximate surface area is 184 Å². The van der Waals surface area contributed by atoms with Gasteiger partial charge < -0.3 is 25.4 Å². The number of benzene rings is 2. The van der Waals surface area contributed by atoms with Crippen molar-refractivity contribution in [3.05, 3.63) is 73.2 Å². The number of anilines is 5. The zero-order valence-corrected chi connectivity index (χ0v) is 16.3. The van der Waals surface area contributed by atoms with E-state index in [0.29, 0.717) is 22.8 Å². The van der Waals surface area contributed by atoms with Crippen LogP contribution < -0.4 is 20.7 Å². The number of carbonyl (C=O) groups is 1. The molecule has 3 N–H and O–H groups in total. The first-order valence-corrected chi connectivity index (χ1v) is 9.10. The molecule has 0 aliphatic rings. The number of hydrogen-bond acceptors (Lipinski definition) is 7. The van der Waals surface area contributed by atoms with Gasteiger partial charge in [-0.3, -0.25) is 4.79 Å². The van der Waals surface area contributed by atoms with Crippen LogP contribution in [0.15, 0.2) is 67.4 Å². The Hall–Kier alpha value is -3.98. The van der Waals surface area contributed by atoms with Crippen LogP contribution in [0.25, 0.3) is 0 Å². The van der Waals surface area contributed by atoms with E-state index >= 15 is 0 Å². The second-order valence-corrected chi connectivity index (χ2v) is 6.07. The molecule has 0 aliphatic carbocycles. The van der Waals surface area contributed by atoms with E-state index in [4.69, 9.17) is 10.2 Å². The van der Waals surface area contributed by atoms with Crippen molar-refractivity contribution in [2.75, 3.05) is 36.2 Å². The molecule has 0 aliphatic heterocycles. The number of nitrogens with one attached hydrogen (secondary N) is 3. The lowest BCUT2D eigenvalue weighted by Crippen LogP contribution is -2.07. The first-order chi connectivity index (χ1) is 16.6. The molecule has 0 spiro atoms. The average molecular weight is 427 g/mol. The molecule has 3 aromatic rings. The van der Waals surface area contributed by atoms with Crippen molar-refractivity contribution in [1.82, 2.24) is 9.97 Å². The molecule has 0 atom stereocenters. The van der Waals surface area contributed by atoms with E-state index in [0.717, 1.165) is 12.3 Å². The number of ether oxygens (including phenoxy) is 2. The van der Waals surface area contributed by atoms with Crippen LogP contribution in [-0.2, 0) is 9.53 Å². The Morgan fingerprint density at radius 2 is 2.00 bits per heavy atom. The van der Waals surface area contributed by atoms with Crippen molar-refractivity contribution in [3.8, 4) is 5.75 Å². The summed E-state index contributed by atoms with van der Waals surface area (Å²) < 4.78 is 53.2. The minimum atomic E-state index is -2.46. The number of methoxy groups -OCH3 is 1. The summed E-state index contributed by atoms with van der Waals surface area (Å²) in [4.78, 5) is 19.6.